The van der Waals surface area contributed by atoms with Crippen molar-refractivity contribution >= 4 is 43.9 Å². The van der Waals surface area contributed by atoms with Gasteiger partial charge in [-0.15, -0.1) is 0 Å². The van der Waals surface area contributed by atoms with Gasteiger partial charge in [-0.05, 0) is 76.6 Å². The maximum Gasteiger partial charge on any atom is 0.167 e. The van der Waals surface area contributed by atoms with E-state index in [0.29, 0.717) is 23.4 Å². The quantitative estimate of drug-likeness (QED) is 0.185. The smallest absolute Gasteiger partial charge is 0.167 e. The Morgan fingerprint density at radius 1 is 0.453 bits per heavy atom. The Hall–Kier alpha value is -6.85. The van der Waals surface area contributed by atoms with E-state index in [1.165, 1.54) is 22.3 Å². The molecule has 250 valence electrons. The highest BCUT2D eigenvalue weighted by molar-refractivity contribution is 6.16. The van der Waals surface area contributed by atoms with Crippen molar-refractivity contribution in [2.75, 3.05) is 0 Å². The van der Waals surface area contributed by atoms with Crippen LogP contribution in [-0.2, 0) is 6.42 Å². The molecule has 1 aliphatic carbocycles. The number of furan rings is 2. The molecule has 0 aliphatic heterocycles. The van der Waals surface area contributed by atoms with Crippen LogP contribution in [0, 0.1) is 0 Å². The molecule has 3 aromatic heterocycles. The van der Waals surface area contributed by atoms with Crippen LogP contribution in [0.15, 0.2) is 160 Å². The number of nitrogens with zero attached hydrogens (tertiary/aromatic N) is 3. The average molecular weight is 682 g/mol. The molecule has 0 radical (unpaired) electrons. The fraction of sp³-hybridized carbons (Fsp3) is 0.0625. The van der Waals surface area contributed by atoms with Crippen molar-refractivity contribution in [2.45, 2.75) is 19.3 Å². The number of rotatable bonds is 4. The molecule has 3 heterocycles. The predicted molar refractivity (Wildman–Crippen MR) is 214 cm³/mol. The van der Waals surface area contributed by atoms with E-state index in [2.05, 4.69) is 116 Å². The van der Waals surface area contributed by atoms with Crippen molar-refractivity contribution in [3.8, 4) is 56.4 Å². The second kappa shape index (κ2) is 11.6. The van der Waals surface area contributed by atoms with Crippen molar-refractivity contribution < 1.29 is 8.83 Å². The van der Waals surface area contributed by atoms with Crippen molar-refractivity contribution in [3.05, 3.63) is 163 Å². The largest absolute Gasteiger partial charge is 0.455 e. The lowest BCUT2D eigenvalue weighted by Gasteiger charge is -2.25. The Labute approximate surface area is 305 Å². The molecule has 53 heavy (non-hydrogen) atoms. The molecule has 7 aromatic carbocycles. The SMILES string of the molecule is CC1Cc2ccc(-c3nc(-c4cccc5c4oc4ccccc45)nc(-c4ccc(-c5ccccc5)c5oc6ccccc6c45)n3)cc2-c2ccccc21. The highest BCUT2D eigenvalue weighted by atomic mass is 16.3. The minimum Gasteiger partial charge on any atom is -0.455 e. The van der Waals surface area contributed by atoms with Crippen LogP contribution in [0.1, 0.15) is 24.0 Å². The van der Waals surface area contributed by atoms with E-state index in [0.717, 1.165) is 78.1 Å². The van der Waals surface area contributed by atoms with Gasteiger partial charge in [-0.3, -0.25) is 0 Å². The highest BCUT2D eigenvalue weighted by Gasteiger charge is 2.25. The van der Waals surface area contributed by atoms with E-state index in [9.17, 15) is 0 Å². The van der Waals surface area contributed by atoms with E-state index >= 15 is 0 Å². The van der Waals surface area contributed by atoms with Gasteiger partial charge in [0.2, 0.25) is 0 Å². The molecule has 0 fully saturated rings. The summed E-state index contributed by atoms with van der Waals surface area (Å²) in [6.45, 7) is 2.31. The Morgan fingerprint density at radius 3 is 1.96 bits per heavy atom. The summed E-state index contributed by atoms with van der Waals surface area (Å²) < 4.78 is 13.2. The van der Waals surface area contributed by atoms with Crippen LogP contribution < -0.4 is 0 Å². The summed E-state index contributed by atoms with van der Waals surface area (Å²) >= 11 is 0. The van der Waals surface area contributed by atoms with E-state index in [1.54, 1.807) is 0 Å². The topological polar surface area (TPSA) is 65.0 Å². The molecule has 5 nitrogen and oxygen atoms in total. The molecule has 10 aromatic rings. The Kier molecular flexibility index (Phi) is 6.52. The van der Waals surface area contributed by atoms with Crippen molar-refractivity contribution in [1.82, 2.24) is 15.0 Å². The zero-order chi connectivity index (χ0) is 35.0. The normalized spacial score (nSPS) is 13.9. The standard InChI is InChI=1S/C48H31N3O2/c1-28-26-30-22-23-31(27-40(30)34-15-6-5-14-32(28)34)46-49-47(51-48(50-46)39-19-11-18-36-35-16-7-9-20-41(35)52-44(36)39)38-25-24-33(29-12-3-2-4-13-29)45-43(38)37-17-8-10-21-42(37)53-45/h2-25,27-28H,26H2,1H3. The predicted octanol–water partition coefficient (Wildman–Crippen LogP) is 12.7. The van der Waals surface area contributed by atoms with Gasteiger partial charge in [0.25, 0.3) is 0 Å². The number of hydrogen-bond acceptors (Lipinski definition) is 5. The molecule has 0 saturated heterocycles. The first-order chi connectivity index (χ1) is 26.2. The van der Waals surface area contributed by atoms with Crippen LogP contribution >= 0.6 is 0 Å². The van der Waals surface area contributed by atoms with Crippen LogP contribution in [0.2, 0.25) is 0 Å². The molecule has 5 heteroatoms. The maximum atomic E-state index is 6.64. The number of para-hydroxylation sites is 3. The lowest BCUT2D eigenvalue weighted by Crippen LogP contribution is -2.08. The number of benzene rings is 7. The van der Waals surface area contributed by atoms with Crippen LogP contribution in [0.3, 0.4) is 0 Å². The summed E-state index contributed by atoms with van der Waals surface area (Å²) in [5, 5.41) is 4.07. The van der Waals surface area contributed by atoms with Crippen LogP contribution in [0.25, 0.3) is 100 Å². The first-order valence-corrected chi connectivity index (χ1v) is 18.1. The fourth-order valence-corrected chi connectivity index (χ4v) is 8.28. The number of fused-ring (bicyclic) bond motifs is 9. The van der Waals surface area contributed by atoms with Crippen molar-refractivity contribution in [3.63, 3.8) is 0 Å². The molecular weight excluding hydrogens is 651 g/mol. The van der Waals surface area contributed by atoms with Crippen LogP contribution in [0.4, 0.5) is 0 Å². The summed E-state index contributed by atoms with van der Waals surface area (Å²) in [6, 6.07) is 52.5. The molecule has 0 amide bonds. The van der Waals surface area contributed by atoms with Gasteiger partial charge in [0.15, 0.2) is 17.5 Å². The molecule has 0 bridgehead atoms. The third-order valence-electron chi connectivity index (χ3n) is 10.8. The monoisotopic (exact) mass is 681 g/mol. The van der Waals surface area contributed by atoms with Crippen molar-refractivity contribution in [1.29, 1.82) is 0 Å². The van der Waals surface area contributed by atoms with E-state index in [4.69, 9.17) is 23.8 Å². The van der Waals surface area contributed by atoms with Gasteiger partial charge >= 0.3 is 0 Å². The zero-order valence-corrected chi connectivity index (χ0v) is 28.9. The minimum atomic E-state index is 0.454. The molecule has 11 rings (SSSR count). The zero-order valence-electron chi connectivity index (χ0n) is 28.9. The lowest BCUT2D eigenvalue weighted by molar-refractivity contribution is 0.669. The van der Waals surface area contributed by atoms with E-state index in [-0.39, 0.29) is 0 Å². The summed E-state index contributed by atoms with van der Waals surface area (Å²) in [4.78, 5) is 15.8. The van der Waals surface area contributed by atoms with Crippen LogP contribution in [-0.4, -0.2) is 15.0 Å². The highest BCUT2D eigenvalue weighted by Crippen LogP contribution is 2.44. The first kappa shape index (κ1) is 29.8. The molecule has 0 spiro atoms. The Morgan fingerprint density at radius 2 is 1.09 bits per heavy atom. The summed E-state index contributed by atoms with van der Waals surface area (Å²) in [5.41, 5.74) is 13.1. The lowest BCUT2D eigenvalue weighted by atomic mass is 9.79. The second-order valence-corrected chi connectivity index (χ2v) is 14.0. The van der Waals surface area contributed by atoms with E-state index in [1.807, 2.05) is 42.5 Å². The third kappa shape index (κ3) is 4.67. The molecular formula is C48H31N3O2. The number of aromatic nitrogens is 3. The first-order valence-electron chi connectivity index (χ1n) is 18.1. The summed E-state index contributed by atoms with van der Waals surface area (Å²) in [6.07, 6.45) is 0.994. The van der Waals surface area contributed by atoms with Gasteiger partial charge in [-0.1, -0.05) is 122 Å². The minimum absolute atomic E-state index is 0.454. The molecule has 0 N–H and O–H groups in total. The average Bonchev–Trinajstić information content (AvgIpc) is 3.80. The van der Waals surface area contributed by atoms with Gasteiger partial charge in [0.05, 0.1) is 5.56 Å². The van der Waals surface area contributed by atoms with Gasteiger partial charge in [0, 0.05) is 38.2 Å². The maximum absolute atomic E-state index is 6.64. The fourth-order valence-electron chi connectivity index (χ4n) is 8.28. The molecule has 1 aliphatic rings. The summed E-state index contributed by atoms with van der Waals surface area (Å²) in [5.74, 6) is 2.18. The number of hydrogen-bond donors (Lipinski definition) is 0. The molecule has 1 unspecified atom stereocenters. The van der Waals surface area contributed by atoms with Crippen LogP contribution in [0.5, 0.6) is 0 Å². The van der Waals surface area contributed by atoms with E-state index < -0.39 is 0 Å². The third-order valence-corrected chi connectivity index (χ3v) is 10.8. The Balaban J connectivity index is 1.19. The van der Waals surface area contributed by atoms with Gasteiger partial charge in [-0.2, -0.15) is 0 Å². The summed E-state index contributed by atoms with van der Waals surface area (Å²) in [7, 11) is 0. The molecule has 1 atom stereocenters. The van der Waals surface area contributed by atoms with Gasteiger partial charge in [-0.25, -0.2) is 15.0 Å². The Bertz CT molecular complexity index is 3070. The van der Waals surface area contributed by atoms with Crippen molar-refractivity contribution in [2.24, 2.45) is 0 Å². The van der Waals surface area contributed by atoms with Gasteiger partial charge < -0.3 is 8.83 Å². The second-order valence-electron chi connectivity index (χ2n) is 14.0. The van der Waals surface area contributed by atoms with Gasteiger partial charge in [0.1, 0.15) is 22.3 Å². The molecule has 0 saturated carbocycles.